The fourth-order valence-corrected chi connectivity index (χ4v) is 2.50. The highest BCUT2D eigenvalue weighted by atomic mass is 16.5. The van der Waals surface area contributed by atoms with E-state index in [1.165, 1.54) is 7.11 Å². The monoisotopic (exact) mass is 292 g/mol. The van der Waals surface area contributed by atoms with Gasteiger partial charge in [0.25, 0.3) is 0 Å². The van der Waals surface area contributed by atoms with Crippen LogP contribution in [0.1, 0.15) is 24.3 Å². The zero-order chi connectivity index (χ0) is 15.2. The lowest BCUT2D eigenvalue weighted by molar-refractivity contribution is -0.140. The quantitative estimate of drug-likeness (QED) is 0.702. The SMILES string of the molecule is COC(CNC(=O)CC1CNc2ccccc21)CC(=O)O. The fourth-order valence-electron chi connectivity index (χ4n) is 2.50. The molecular weight excluding hydrogens is 272 g/mol. The van der Waals surface area contributed by atoms with E-state index in [2.05, 4.69) is 10.6 Å². The molecule has 2 atom stereocenters. The van der Waals surface area contributed by atoms with Gasteiger partial charge in [0.2, 0.25) is 5.91 Å². The molecule has 6 heteroatoms. The van der Waals surface area contributed by atoms with E-state index in [1.807, 2.05) is 24.3 Å². The van der Waals surface area contributed by atoms with Crippen LogP contribution in [0.2, 0.25) is 0 Å². The van der Waals surface area contributed by atoms with Crippen molar-refractivity contribution in [3.63, 3.8) is 0 Å². The van der Waals surface area contributed by atoms with Crippen molar-refractivity contribution in [2.75, 3.05) is 25.5 Å². The molecule has 0 aliphatic carbocycles. The minimum Gasteiger partial charge on any atom is -0.481 e. The predicted molar refractivity (Wildman–Crippen MR) is 78.3 cm³/mol. The van der Waals surface area contributed by atoms with E-state index in [1.54, 1.807) is 0 Å². The lowest BCUT2D eigenvalue weighted by Gasteiger charge is -2.15. The summed E-state index contributed by atoms with van der Waals surface area (Å²) in [5.41, 5.74) is 2.23. The number of carboxylic acids is 1. The number of methoxy groups -OCH3 is 1. The molecule has 1 aromatic rings. The highest BCUT2D eigenvalue weighted by Gasteiger charge is 2.24. The largest absolute Gasteiger partial charge is 0.481 e. The maximum Gasteiger partial charge on any atom is 0.306 e. The highest BCUT2D eigenvalue weighted by molar-refractivity contribution is 5.78. The number of nitrogens with one attached hydrogen (secondary N) is 2. The summed E-state index contributed by atoms with van der Waals surface area (Å²) in [7, 11) is 1.44. The van der Waals surface area contributed by atoms with Crippen LogP contribution in [0, 0.1) is 0 Å². The summed E-state index contributed by atoms with van der Waals surface area (Å²) in [5, 5.41) is 14.7. The molecule has 6 nitrogen and oxygen atoms in total. The molecule has 0 saturated heterocycles. The van der Waals surface area contributed by atoms with Gasteiger partial charge in [0, 0.05) is 38.2 Å². The van der Waals surface area contributed by atoms with Crippen LogP contribution in [0.3, 0.4) is 0 Å². The number of carboxylic acid groups (broad SMARTS) is 1. The summed E-state index contributed by atoms with van der Waals surface area (Å²) in [6.07, 6.45) is -0.238. The Bertz CT molecular complexity index is 518. The molecule has 1 aromatic carbocycles. The second kappa shape index (κ2) is 7.08. The summed E-state index contributed by atoms with van der Waals surface area (Å²) in [4.78, 5) is 22.6. The predicted octanol–water partition coefficient (Wildman–Crippen LogP) is 1.19. The number of fused-ring (bicyclic) bond motifs is 1. The molecule has 1 aliphatic heterocycles. The van der Waals surface area contributed by atoms with Gasteiger partial charge in [-0.05, 0) is 11.6 Å². The van der Waals surface area contributed by atoms with E-state index in [9.17, 15) is 9.59 Å². The van der Waals surface area contributed by atoms with Crippen LogP contribution in [0.5, 0.6) is 0 Å². The topological polar surface area (TPSA) is 87.7 Å². The Morgan fingerprint density at radius 2 is 2.24 bits per heavy atom. The first-order chi connectivity index (χ1) is 10.1. The van der Waals surface area contributed by atoms with Gasteiger partial charge in [-0.3, -0.25) is 9.59 Å². The van der Waals surface area contributed by atoms with Crippen LogP contribution in [-0.4, -0.2) is 43.3 Å². The maximum atomic E-state index is 12.0. The molecule has 2 rings (SSSR count). The number of carbonyl (C=O) groups is 2. The zero-order valence-electron chi connectivity index (χ0n) is 12.0. The van der Waals surface area contributed by atoms with E-state index in [-0.39, 0.29) is 24.8 Å². The molecule has 0 saturated carbocycles. The van der Waals surface area contributed by atoms with Crippen molar-refractivity contribution >= 4 is 17.6 Å². The highest BCUT2D eigenvalue weighted by Crippen LogP contribution is 2.32. The van der Waals surface area contributed by atoms with Crippen LogP contribution < -0.4 is 10.6 Å². The average Bonchev–Trinajstić information content (AvgIpc) is 2.86. The molecule has 0 aromatic heterocycles. The number of ether oxygens (including phenoxy) is 1. The van der Waals surface area contributed by atoms with Crippen molar-refractivity contribution in [3.8, 4) is 0 Å². The molecular formula is C15H20N2O4. The van der Waals surface area contributed by atoms with Crippen molar-refractivity contribution in [2.45, 2.75) is 24.9 Å². The normalized spacial score (nSPS) is 17.7. The van der Waals surface area contributed by atoms with E-state index < -0.39 is 12.1 Å². The summed E-state index contributed by atoms with van der Waals surface area (Å²) in [5.74, 6) is -0.877. The molecule has 1 aliphatic rings. The number of hydrogen-bond acceptors (Lipinski definition) is 4. The molecule has 0 bridgehead atoms. The van der Waals surface area contributed by atoms with Gasteiger partial charge < -0.3 is 20.5 Å². The smallest absolute Gasteiger partial charge is 0.306 e. The lowest BCUT2D eigenvalue weighted by Crippen LogP contribution is -2.35. The third-order valence-electron chi connectivity index (χ3n) is 3.63. The third kappa shape index (κ3) is 4.19. The minimum absolute atomic E-state index is 0.0917. The standard InChI is InChI=1S/C15H20N2O4/c1-21-11(7-15(19)20)9-17-14(18)6-10-8-16-13-5-3-2-4-12(10)13/h2-5,10-11,16H,6-9H2,1H3,(H,17,18)(H,19,20). The maximum absolute atomic E-state index is 12.0. The summed E-state index contributed by atoms with van der Waals surface area (Å²) in [6, 6.07) is 7.95. The summed E-state index contributed by atoms with van der Waals surface area (Å²) in [6.45, 7) is 0.957. The molecule has 21 heavy (non-hydrogen) atoms. The first-order valence-electron chi connectivity index (χ1n) is 6.94. The number of hydrogen-bond donors (Lipinski definition) is 3. The van der Waals surface area contributed by atoms with Crippen molar-refractivity contribution in [3.05, 3.63) is 29.8 Å². The number of rotatable bonds is 7. The Balaban J connectivity index is 1.82. The van der Waals surface area contributed by atoms with Gasteiger partial charge in [0.05, 0.1) is 12.5 Å². The van der Waals surface area contributed by atoms with E-state index in [0.717, 1.165) is 17.8 Å². The number of anilines is 1. The number of para-hydroxylation sites is 1. The van der Waals surface area contributed by atoms with E-state index in [4.69, 9.17) is 9.84 Å². The Kier molecular flexibility index (Phi) is 5.16. The molecule has 0 spiro atoms. The fraction of sp³-hybridized carbons (Fsp3) is 0.467. The summed E-state index contributed by atoms with van der Waals surface area (Å²) < 4.78 is 5.03. The van der Waals surface area contributed by atoms with Crippen molar-refractivity contribution < 1.29 is 19.4 Å². The molecule has 0 fully saturated rings. The molecule has 1 amide bonds. The lowest BCUT2D eigenvalue weighted by atomic mass is 9.97. The molecule has 1 heterocycles. The van der Waals surface area contributed by atoms with Gasteiger partial charge in [0.1, 0.15) is 0 Å². The first kappa shape index (κ1) is 15.3. The first-order valence-corrected chi connectivity index (χ1v) is 6.94. The number of aliphatic carboxylic acids is 1. The van der Waals surface area contributed by atoms with Crippen LogP contribution in [0.25, 0.3) is 0 Å². The van der Waals surface area contributed by atoms with Crippen molar-refractivity contribution in [1.29, 1.82) is 0 Å². The van der Waals surface area contributed by atoms with Gasteiger partial charge in [-0.25, -0.2) is 0 Å². The van der Waals surface area contributed by atoms with Gasteiger partial charge in [-0.15, -0.1) is 0 Å². The van der Waals surface area contributed by atoms with Crippen molar-refractivity contribution in [2.24, 2.45) is 0 Å². The molecule has 114 valence electrons. The van der Waals surface area contributed by atoms with Crippen LogP contribution >= 0.6 is 0 Å². The van der Waals surface area contributed by atoms with Crippen LogP contribution in [-0.2, 0) is 14.3 Å². The Labute approximate surface area is 123 Å². The van der Waals surface area contributed by atoms with Gasteiger partial charge in [-0.1, -0.05) is 18.2 Å². The van der Waals surface area contributed by atoms with Gasteiger partial charge in [-0.2, -0.15) is 0 Å². The Morgan fingerprint density at radius 3 is 2.95 bits per heavy atom. The van der Waals surface area contributed by atoms with Crippen LogP contribution in [0.4, 0.5) is 5.69 Å². The number of amides is 1. The second-order valence-corrected chi connectivity index (χ2v) is 5.13. The number of benzene rings is 1. The second-order valence-electron chi connectivity index (χ2n) is 5.13. The molecule has 2 unspecified atom stereocenters. The number of carbonyl (C=O) groups excluding carboxylic acids is 1. The minimum atomic E-state index is -0.940. The van der Waals surface area contributed by atoms with Crippen LogP contribution in [0.15, 0.2) is 24.3 Å². The van der Waals surface area contributed by atoms with E-state index >= 15 is 0 Å². The third-order valence-corrected chi connectivity index (χ3v) is 3.63. The molecule has 0 radical (unpaired) electrons. The van der Waals surface area contributed by atoms with Gasteiger partial charge in [0.15, 0.2) is 0 Å². The Hall–Kier alpha value is -2.08. The van der Waals surface area contributed by atoms with E-state index in [0.29, 0.717) is 6.42 Å². The van der Waals surface area contributed by atoms with Gasteiger partial charge >= 0.3 is 5.97 Å². The zero-order valence-corrected chi connectivity index (χ0v) is 12.0. The van der Waals surface area contributed by atoms with Crippen molar-refractivity contribution in [1.82, 2.24) is 5.32 Å². The molecule has 3 N–H and O–H groups in total. The Morgan fingerprint density at radius 1 is 1.48 bits per heavy atom. The summed E-state index contributed by atoms with van der Waals surface area (Å²) >= 11 is 0. The average molecular weight is 292 g/mol.